The molecule has 7 heteroatoms. The van der Waals surface area contributed by atoms with E-state index >= 15 is 0 Å². The number of nitrogens with one attached hydrogen (secondary N) is 2. The molecule has 1 unspecified atom stereocenters. The lowest BCUT2D eigenvalue weighted by Gasteiger charge is -2.17. The quantitative estimate of drug-likeness (QED) is 0.488. The van der Waals surface area contributed by atoms with Crippen molar-refractivity contribution in [2.75, 3.05) is 13.6 Å². The maximum absolute atomic E-state index is 13.6. The molecule has 0 spiro atoms. The summed E-state index contributed by atoms with van der Waals surface area (Å²) in [6.45, 7) is 2.30. The van der Waals surface area contributed by atoms with Crippen molar-refractivity contribution in [3.05, 3.63) is 70.8 Å². The van der Waals surface area contributed by atoms with Gasteiger partial charge in [0.15, 0.2) is 17.6 Å². The van der Waals surface area contributed by atoms with Crippen LogP contribution in [0.4, 0.5) is 17.6 Å². The predicted molar refractivity (Wildman–Crippen MR) is 89.3 cm³/mol. The first kappa shape index (κ1) is 18.8. The topological polar surface area (TPSA) is 36.4 Å². The van der Waals surface area contributed by atoms with Crippen LogP contribution in [-0.4, -0.2) is 19.6 Å². The molecule has 0 bridgehead atoms. The average Bonchev–Trinajstić information content (AvgIpc) is 2.60. The Morgan fingerprint density at radius 3 is 2.36 bits per heavy atom. The van der Waals surface area contributed by atoms with Gasteiger partial charge in [0.25, 0.3) is 0 Å². The lowest BCUT2D eigenvalue weighted by atomic mass is 10.0. The molecule has 0 saturated carbocycles. The minimum Gasteiger partial charge on any atom is -0.356 e. The van der Waals surface area contributed by atoms with Gasteiger partial charge in [0.05, 0.1) is 0 Å². The Morgan fingerprint density at radius 2 is 1.68 bits per heavy atom. The summed E-state index contributed by atoms with van der Waals surface area (Å²) in [4.78, 5) is 4.00. The largest absolute Gasteiger partial charge is 0.356 e. The lowest BCUT2D eigenvalue weighted by molar-refractivity contribution is 0.505. The zero-order valence-corrected chi connectivity index (χ0v) is 13.9. The summed E-state index contributed by atoms with van der Waals surface area (Å²) in [7, 11) is 1.54. The SMILES string of the molecule is CN=C(NCc1cc(F)ccc1F)NCC(C)c1ccc(F)c(F)c1. The highest BCUT2D eigenvalue weighted by Crippen LogP contribution is 2.17. The minimum absolute atomic E-state index is 0.0584. The third-order valence-electron chi connectivity index (χ3n) is 3.77. The van der Waals surface area contributed by atoms with Gasteiger partial charge in [-0.2, -0.15) is 0 Å². The van der Waals surface area contributed by atoms with Gasteiger partial charge in [0, 0.05) is 25.7 Å². The molecule has 0 heterocycles. The first-order chi connectivity index (χ1) is 11.9. The summed E-state index contributed by atoms with van der Waals surface area (Å²) in [5.41, 5.74) is 0.814. The van der Waals surface area contributed by atoms with E-state index in [-0.39, 0.29) is 18.0 Å². The zero-order valence-electron chi connectivity index (χ0n) is 13.9. The minimum atomic E-state index is -0.895. The van der Waals surface area contributed by atoms with Crippen LogP contribution in [0.15, 0.2) is 41.4 Å². The number of halogens is 4. The van der Waals surface area contributed by atoms with Crippen LogP contribution in [0.3, 0.4) is 0 Å². The van der Waals surface area contributed by atoms with Gasteiger partial charge in [-0.05, 0) is 41.8 Å². The maximum atomic E-state index is 13.6. The molecular weight excluding hydrogens is 334 g/mol. The molecule has 2 aromatic rings. The van der Waals surface area contributed by atoms with Crippen molar-refractivity contribution in [2.45, 2.75) is 19.4 Å². The first-order valence-corrected chi connectivity index (χ1v) is 7.74. The van der Waals surface area contributed by atoms with E-state index in [1.165, 1.54) is 6.07 Å². The predicted octanol–water partition coefficient (Wildman–Crippen LogP) is 3.71. The van der Waals surface area contributed by atoms with E-state index < -0.39 is 23.3 Å². The average molecular weight is 353 g/mol. The molecule has 134 valence electrons. The Labute approximate surface area is 143 Å². The van der Waals surface area contributed by atoms with E-state index in [1.54, 1.807) is 7.05 Å². The molecule has 0 saturated heterocycles. The van der Waals surface area contributed by atoms with Crippen LogP contribution in [-0.2, 0) is 6.54 Å². The molecule has 0 fully saturated rings. The van der Waals surface area contributed by atoms with Crippen LogP contribution in [0.1, 0.15) is 24.0 Å². The van der Waals surface area contributed by atoms with Gasteiger partial charge in [0.1, 0.15) is 11.6 Å². The number of hydrogen-bond donors (Lipinski definition) is 2. The number of aliphatic imine (C=N–C) groups is 1. The number of benzene rings is 2. The molecule has 0 aliphatic rings. The summed E-state index contributed by atoms with van der Waals surface area (Å²) in [5, 5.41) is 5.89. The Kier molecular flexibility index (Phi) is 6.38. The molecule has 25 heavy (non-hydrogen) atoms. The van der Waals surface area contributed by atoms with Crippen LogP contribution in [0, 0.1) is 23.3 Å². The molecule has 1 atom stereocenters. The fourth-order valence-corrected chi connectivity index (χ4v) is 2.26. The van der Waals surface area contributed by atoms with E-state index in [2.05, 4.69) is 15.6 Å². The summed E-state index contributed by atoms with van der Waals surface area (Å²) < 4.78 is 53.0. The van der Waals surface area contributed by atoms with Crippen molar-refractivity contribution in [3.63, 3.8) is 0 Å². The summed E-state index contributed by atoms with van der Waals surface area (Å²) in [6.07, 6.45) is 0. The van der Waals surface area contributed by atoms with Crippen molar-refractivity contribution in [3.8, 4) is 0 Å². The molecule has 0 amide bonds. The first-order valence-electron chi connectivity index (χ1n) is 7.74. The van der Waals surface area contributed by atoms with Crippen LogP contribution in [0.5, 0.6) is 0 Å². The van der Waals surface area contributed by atoms with E-state index in [1.807, 2.05) is 6.92 Å². The summed E-state index contributed by atoms with van der Waals surface area (Å²) in [5.74, 6) is -2.54. The molecule has 2 N–H and O–H groups in total. The van der Waals surface area contributed by atoms with Gasteiger partial charge < -0.3 is 10.6 Å². The number of hydrogen-bond acceptors (Lipinski definition) is 1. The van der Waals surface area contributed by atoms with Gasteiger partial charge in [-0.1, -0.05) is 13.0 Å². The van der Waals surface area contributed by atoms with Gasteiger partial charge >= 0.3 is 0 Å². The molecule has 0 aromatic heterocycles. The van der Waals surface area contributed by atoms with E-state index in [0.29, 0.717) is 18.1 Å². The second kappa shape index (κ2) is 8.50. The number of guanidine groups is 1. The molecule has 0 aliphatic heterocycles. The molecule has 2 rings (SSSR count). The Morgan fingerprint density at radius 1 is 0.960 bits per heavy atom. The third kappa shape index (κ3) is 5.20. The number of nitrogens with zero attached hydrogens (tertiary/aromatic N) is 1. The Hall–Kier alpha value is -2.57. The normalized spacial score (nSPS) is 12.8. The van der Waals surface area contributed by atoms with Crippen LogP contribution in [0.25, 0.3) is 0 Å². The highest BCUT2D eigenvalue weighted by molar-refractivity contribution is 5.79. The Bertz CT molecular complexity index is 762. The Balaban J connectivity index is 1.91. The monoisotopic (exact) mass is 353 g/mol. The highest BCUT2D eigenvalue weighted by Gasteiger charge is 2.11. The van der Waals surface area contributed by atoms with E-state index in [9.17, 15) is 17.6 Å². The van der Waals surface area contributed by atoms with Gasteiger partial charge in [-0.25, -0.2) is 17.6 Å². The summed E-state index contributed by atoms with van der Waals surface area (Å²) >= 11 is 0. The zero-order chi connectivity index (χ0) is 18.4. The second-order valence-electron chi connectivity index (χ2n) is 5.62. The smallest absolute Gasteiger partial charge is 0.191 e. The van der Waals surface area contributed by atoms with E-state index in [0.717, 1.165) is 30.3 Å². The highest BCUT2D eigenvalue weighted by atomic mass is 19.2. The molecule has 0 radical (unpaired) electrons. The fraction of sp³-hybridized carbons (Fsp3) is 0.278. The maximum Gasteiger partial charge on any atom is 0.191 e. The van der Waals surface area contributed by atoms with Crippen molar-refractivity contribution < 1.29 is 17.6 Å². The number of rotatable bonds is 5. The standard InChI is InChI=1S/C18H19F4N3/c1-11(12-3-5-16(21)17(22)8-12)9-24-18(23-2)25-10-13-7-14(19)4-6-15(13)20/h3-8,11H,9-10H2,1-2H3,(H2,23,24,25). The lowest BCUT2D eigenvalue weighted by Crippen LogP contribution is -2.38. The molecule has 0 aliphatic carbocycles. The summed E-state index contributed by atoms with van der Waals surface area (Å²) in [6, 6.07) is 6.98. The van der Waals surface area contributed by atoms with Gasteiger partial charge in [-0.3, -0.25) is 4.99 Å². The van der Waals surface area contributed by atoms with E-state index in [4.69, 9.17) is 0 Å². The third-order valence-corrected chi connectivity index (χ3v) is 3.77. The van der Waals surface area contributed by atoms with Gasteiger partial charge in [-0.15, -0.1) is 0 Å². The van der Waals surface area contributed by atoms with Gasteiger partial charge in [0.2, 0.25) is 0 Å². The molecule has 3 nitrogen and oxygen atoms in total. The van der Waals surface area contributed by atoms with Crippen LogP contribution < -0.4 is 10.6 Å². The van der Waals surface area contributed by atoms with Crippen LogP contribution in [0.2, 0.25) is 0 Å². The van der Waals surface area contributed by atoms with Crippen molar-refractivity contribution in [2.24, 2.45) is 4.99 Å². The van der Waals surface area contributed by atoms with Crippen molar-refractivity contribution >= 4 is 5.96 Å². The van der Waals surface area contributed by atoms with Crippen molar-refractivity contribution in [1.82, 2.24) is 10.6 Å². The second-order valence-corrected chi connectivity index (χ2v) is 5.62. The van der Waals surface area contributed by atoms with Crippen LogP contribution >= 0.6 is 0 Å². The fourth-order valence-electron chi connectivity index (χ4n) is 2.26. The molecule has 2 aromatic carbocycles. The van der Waals surface area contributed by atoms with Crippen molar-refractivity contribution in [1.29, 1.82) is 0 Å². The molecular formula is C18H19F4N3.